The highest BCUT2D eigenvalue weighted by Crippen LogP contribution is 2.25. The number of nitrogens with two attached hydrogens (primary N) is 1. The summed E-state index contributed by atoms with van der Waals surface area (Å²) in [5.74, 6) is -0.984. The Morgan fingerprint density at radius 1 is 1.27 bits per heavy atom. The Morgan fingerprint density at radius 3 is 2.64 bits per heavy atom. The zero-order valence-electron chi connectivity index (χ0n) is 12.8. The summed E-state index contributed by atoms with van der Waals surface area (Å²) in [6.07, 6.45) is 1.16. The van der Waals surface area contributed by atoms with Crippen molar-refractivity contribution in [2.45, 2.75) is 26.9 Å². The van der Waals surface area contributed by atoms with Gasteiger partial charge in [-0.2, -0.15) is 0 Å². The summed E-state index contributed by atoms with van der Waals surface area (Å²) >= 11 is 0. The van der Waals surface area contributed by atoms with E-state index in [-0.39, 0.29) is 24.0 Å². The quantitative estimate of drug-likeness (QED) is 0.873. The van der Waals surface area contributed by atoms with Crippen LogP contribution in [-0.4, -0.2) is 29.6 Å². The van der Waals surface area contributed by atoms with Crippen LogP contribution in [0.3, 0.4) is 0 Å². The molecule has 0 saturated carbocycles. The lowest BCUT2D eigenvalue weighted by molar-refractivity contribution is 0.0377. The van der Waals surface area contributed by atoms with Crippen molar-refractivity contribution < 1.29 is 19.1 Å². The van der Waals surface area contributed by atoms with E-state index in [1.54, 1.807) is 39.0 Å². The number of carbonyl (C=O) groups excluding carboxylic acids is 2. The summed E-state index contributed by atoms with van der Waals surface area (Å²) in [4.78, 5) is 28.0. The second-order valence-corrected chi connectivity index (χ2v) is 4.99. The van der Waals surface area contributed by atoms with E-state index in [1.807, 2.05) is 0 Å². The van der Waals surface area contributed by atoms with Crippen LogP contribution in [0.1, 0.15) is 41.5 Å². The molecule has 0 radical (unpaired) electrons. The predicted molar refractivity (Wildman–Crippen MR) is 82.7 cm³/mol. The fraction of sp³-hybridized carbons (Fsp3) is 0.312. The molecular formula is C16H18N2O4. The van der Waals surface area contributed by atoms with Gasteiger partial charge in [-0.05, 0) is 39.0 Å². The number of pyridine rings is 1. The second-order valence-electron chi connectivity index (χ2n) is 4.99. The number of anilines is 1. The van der Waals surface area contributed by atoms with Crippen LogP contribution in [0.15, 0.2) is 24.4 Å². The van der Waals surface area contributed by atoms with Crippen LogP contribution in [0, 0.1) is 0 Å². The smallest absolute Gasteiger partial charge is 0.341 e. The summed E-state index contributed by atoms with van der Waals surface area (Å²) < 4.78 is 10.1. The molecule has 0 aliphatic carbocycles. The molecule has 1 heterocycles. The Labute approximate surface area is 128 Å². The van der Waals surface area contributed by atoms with Crippen LogP contribution in [0.2, 0.25) is 0 Å². The average molecular weight is 302 g/mol. The van der Waals surface area contributed by atoms with Crippen LogP contribution in [0.25, 0.3) is 10.9 Å². The number of nitrogen functional groups attached to an aromatic ring is 1. The Kier molecular flexibility index (Phi) is 4.60. The first-order chi connectivity index (χ1) is 10.4. The standard InChI is InChI=1S/C16H18N2O4/c1-4-21-16(20)12-8-18-13-6-5-10(7-11(13)14(12)17)15(19)22-9(2)3/h5-9H,4H2,1-3H3,(H2,17,18). The molecular weight excluding hydrogens is 284 g/mol. The number of fused-ring (bicyclic) bond motifs is 1. The van der Waals surface area contributed by atoms with E-state index in [4.69, 9.17) is 15.2 Å². The molecule has 6 nitrogen and oxygen atoms in total. The normalized spacial score (nSPS) is 10.7. The second kappa shape index (κ2) is 6.43. The van der Waals surface area contributed by atoms with Gasteiger partial charge in [0, 0.05) is 11.6 Å². The molecule has 0 saturated heterocycles. The molecule has 2 rings (SSSR count). The maximum absolute atomic E-state index is 12.0. The van der Waals surface area contributed by atoms with Crippen LogP contribution in [-0.2, 0) is 9.47 Å². The number of rotatable bonds is 4. The average Bonchev–Trinajstić information content (AvgIpc) is 2.47. The molecule has 2 N–H and O–H groups in total. The monoisotopic (exact) mass is 302 g/mol. The summed E-state index contributed by atoms with van der Waals surface area (Å²) in [5, 5.41) is 0.517. The van der Waals surface area contributed by atoms with Crippen LogP contribution in [0.5, 0.6) is 0 Å². The topological polar surface area (TPSA) is 91.5 Å². The highest BCUT2D eigenvalue weighted by atomic mass is 16.5. The maximum atomic E-state index is 12.0. The molecule has 0 aliphatic rings. The fourth-order valence-electron chi connectivity index (χ4n) is 1.99. The molecule has 2 aromatic rings. The van der Waals surface area contributed by atoms with Crippen molar-refractivity contribution in [3.05, 3.63) is 35.5 Å². The SMILES string of the molecule is CCOC(=O)c1cnc2ccc(C(=O)OC(C)C)cc2c1N. The van der Waals surface area contributed by atoms with Gasteiger partial charge in [0.05, 0.1) is 29.5 Å². The van der Waals surface area contributed by atoms with Gasteiger partial charge in [-0.1, -0.05) is 0 Å². The van der Waals surface area contributed by atoms with E-state index in [1.165, 1.54) is 6.20 Å². The largest absolute Gasteiger partial charge is 0.462 e. The first kappa shape index (κ1) is 15.8. The van der Waals surface area contributed by atoms with E-state index in [0.717, 1.165) is 0 Å². The summed E-state index contributed by atoms with van der Waals surface area (Å²) in [6, 6.07) is 4.85. The third kappa shape index (κ3) is 3.16. The summed E-state index contributed by atoms with van der Waals surface area (Å²) in [5.41, 5.74) is 7.40. The molecule has 0 aliphatic heterocycles. The van der Waals surface area contributed by atoms with Crippen molar-refractivity contribution in [2.75, 3.05) is 12.3 Å². The third-order valence-corrected chi connectivity index (χ3v) is 2.98. The molecule has 0 spiro atoms. The Hall–Kier alpha value is -2.63. The molecule has 0 bridgehead atoms. The van der Waals surface area contributed by atoms with Gasteiger partial charge in [-0.3, -0.25) is 4.98 Å². The molecule has 1 aromatic heterocycles. The number of aromatic nitrogens is 1. The van der Waals surface area contributed by atoms with Crippen molar-refractivity contribution in [2.24, 2.45) is 0 Å². The van der Waals surface area contributed by atoms with Crippen molar-refractivity contribution >= 4 is 28.5 Å². The number of carbonyl (C=O) groups is 2. The molecule has 0 unspecified atom stereocenters. The zero-order chi connectivity index (χ0) is 16.3. The maximum Gasteiger partial charge on any atom is 0.341 e. The van der Waals surface area contributed by atoms with Crippen LogP contribution in [0.4, 0.5) is 5.69 Å². The number of benzene rings is 1. The summed E-state index contributed by atoms with van der Waals surface area (Å²) in [6.45, 7) is 5.50. The van der Waals surface area contributed by atoms with Gasteiger partial charge in [0.1, 0.15) is 5.56 Å². The molecule has 116 valence electrons. The molecule has 22 heavy (non-hydrogen) atoms. The highest BCUT2D eigenvalue weighted by molar-refractivity contribution is 6.05. The van der Waals surface area contributed by atoms with E-state index < -0.39 is 11.9 Å². The Balaban J connectivity index is 2.48. The molecule has 0 fully saturated rings. The highest BCUT2D eigenvalue weighted by Gasteiger charge is 2.16. The lowest BCUT2D eigenvalue weighted by Crippen LogP contribution is -2.12. The number of ether oxygens (including phenoxy) is 2. The van der Waals surface area contributed by atoms with Gasteiger partial charge >= 0.3 is 11.9 Å². The molecule has 1 aromatic carbocycles. The van der Waals surface area contributed by atoms with Crippen molar-refractivity contribution in [3.8, 4) is 0 Å². The zero-order valence-corrected chi connectivity index (χ0v) is 12.8. The predicted octanol–water partition coefficient (Wildman–Crippen LogP) is 2.56. The van der Waals surface area contributed by atoms with Gasteiger partial charge in [0.25, 0.3) is 0 Å². The Bertz CT molecular complexity index is 725. The van der Waals surface area contributed by atoms with Crippen molar-refractivity contribution in [1.29, 1.82) is 0 Å². The minimum absolute atomic E-state index is 0.184. The molecule has 0 amide bonds. The molecule has 0 atom stereocenters. The number of hydrogen-bond donors (Lipinski definition) is 1. The molecule has 6 heteroatoms. The van der Waals surface area contributed by atoms with E-state index in [9.17, 15) is 9.59 Å². The number of esters is 2. The lowest BCUT2D eigenvalue weighted by atomic mass is 10.1. The first-order valence-corrected chi connectivity index (χ1v) is 7.00. The van der Waals surface area contributed by atoms with Gasteiger partial charge in [-0.15, -0.1) is 0 Å². The third-order valence-electron chi connectivity index (χ3n) is 2.98. The van der Waals surface area contributed by atoms with Gasteiger partial charge in [0.2, 0.25) is 0 Å². The van der Waals surface area contributed by atoms with Crippen LogP contribution < -0.4 is 5.73 Å². The van der Waals surface area contributed by atoms with E-state index in [0.29, 0.717) is 16.5 Å². The van der Waals surface area contributed by atoms with Crippen molar-refractivity contribution in [1.82, 2.24) is 4.98 Å². The van der Waals surface area contributed by atoms with Gasteiger partial charge < -0.3 is 15.2 Å². The Morgan fingerprint density at radius 2 is 2.00 bits per heavy atom. The summed E-state index contributed by atoms with van der Waals surface area (Å²) in [7, 11) is 0. The first-order valence-electron chi connectivity index (χ1n) is 7.00. The lowest BCUT2D eigenvalue weighted by Gasteiger charge is -2.10. The van der Waals surface area contributed by atoms with Gasteiger partial charge in [0.15, 0.2) is 0 Å². The van der Waals surface area contributed by atoms with E-state index in [2.05, 4.69) is 4.98 Å². The number of hydrogen-bond acceptors (Lipinski definition) is 6. The minimum Gasteiger partial charge on any atom is -0.462 e. The van der Waals surface area contributed by atoms with Crippen LogP contribution >= 0.6 is 0 Å². The minimum atomic E-state index is -0.537. The van der Waals surface area contributed by atoms with Crippen molar-refractivity contribution in [3.63, 3.8) is 0 Å². The van der Waals surface area contributed by atoms with Gasteiger partial charge in [-0.25, -0.2) is 9.59 Å². The number of nitrogens with zero attached hydrogens (tertiary/aromatic N) is 1. The van der Waals surface area contributed by atoms with E-state index >= 15 is 0 Å². The fourth-order valence-corrected chi connectivity index (χ4v) is 1.99.